The van der Waals surface area contributed by atoms with E-state index < -0.39 is 30.8 Å². The van der Waals surface area contributed by atoms with Gasteiger partial charge < -0.3 is 19.1 Å². The van der Waals surface area contributed by atoms with Gasteiger partial charge in [-0.1, -0.05) is 12.1 Å². The largest absolute Gasteiger partial charge is 0.497 e. The van der Waals surface area contributed by atoms with Crippen molar-refractivity contribution >= 4 is 6.09 Å². The predicted molar refractivity (Wildman–Crippen MR) is 133 cm³/mol. The summed E-state index contributed by atoms with van der Waals surface area (Å²) in [6, 6.07) is 10.9. The number of halogens is 5. The van der Waals surface area contributed by atoms with Gasteiger partial charge in [0.05, 0.1) is 31.7 Å². The van der Waals surface area contributed by atoms with Gasteiger partial charge in [0.2, 0.25) is 6.10 Å². The maximum absolute atomic E-state index is 15.3. The molecule has 1 atom stereocenters. The summed E-state index contributed by atoms with van der Waals surface area (Å²) in [4.78, 5) is 13.8. The van der Waals surface area contributed by atoms with Gasteiger partial charge in [-0.25, -0.2) is 18.3 Å². The fourth-order valence-electron chi connectivity index (χ4n) is 5.08. The molecule has 0 N–H and O–H groups in total. The minimum Gasteiger partial charge on any atom is -0.497 e. The third kappa shape index (κ3) is 5.91. The normalized spacial score (nSPS) is 16.3. The lowest BCUT2D eigenvalue weighted by molar-refractivity contribution is -0.220. The van der Waals surface area contributed by atoms with Gasteiger partial charge in [-0.05, 0) is 67.1 Å². The first-order chi connectivity index (χ1) is 19.1. The Bertz CT molecular complexity index is 1350. The first-order valence-electron chi connectivity index (χ1n) is 12.9. The van der Waals surface area contributed by atoms with Gasteiger partial charge in [0.25, 0.3) is 0 Å². The second-order valence-electron chi connectivity index (χ2n) is 9.87. The van der Waals surface area contributed by atoms with Gasteiger partial charge >= 0.3 is 12.3 Å². The number of aromatic nitrogens is 2. The highest BCUT2D eigenvalue weighted by Gasteiger charge is 2.44. The van der Waals surface area contributed by atoms with E-state index in [1.165, 1.54) is 28.8 Å². The van der Waals surface area contributed by atoms with Crippen molar-refractivity contribution in [1.29, 1.82) is 0 Å². The molecule has 2 aromatic carbocycles. The highest BCUT2D eigenvalue weighted by molar-refractivity contribution is 5.68. The SMILES string of the molecule is COc1ccc(COCC(OC(=O)N2CCC(c3nn4c(c3F)CCc3cc(F)ccc3-4)CC2)C(F)(F)F)cc1. The van der Waals surface area contributed by atoms with Crippen molar-refractivity contribution in [3.63, 3.8) is 0 Å². The van der Waals surface area contributed by atoms with Gasteiger partial charge in [-0.2, -0.15) is 18.3 Å². The molecule has 1 saturated heterocycles. The van der Waals surface area contributed by atoms with E-state index in [1.807, 2.05) is 0 Å². The van der Waals surface area contributed by atoms with Crippen molar-refractivity contribution in [3.8, 4) is 11.4 Å². The number of amides is 1. The zero-order valence-electron chi connectivity index (χ0n) is 21.7. The Morgan fingerprint density at radius 2 is 1.80 bits per heavy atom. The van der Waals surface area contributed by atoms with E-state index in [2.05, 4.69) is 5.10 Å². The first kappa shape index (κ1) is 27.9. The van der Waals surface area contributed by atoms with Crippen LogP contribution >= 0.6 is 0 Å². The molecule has 1 aromatic heterocycles. The predicted octanol–water partition coefficient (Wildman–Crippen LogP) is 5.72. The molecule has 2 aliphatic rings. The second-order valence-corrected chi connectivity index (χ2v) is 9.87. The van der Waals surface area contributed by atoms with Gasteiger partial charge in [-0.15, -0.1) is 0 Å². The van der Waals surface area contributed by atoms with Crippen molar-refractivity contribution in [1.82, 2.24) is 14.7 Å². The van der Waals surface area contributed by atoms with Crippen molar-refractivity contribution in [2.75, 3.05) is 26.8 Å². The molecule has 0 bridgehead atoms. The molecule has 12 heteroatoms. The van der Waals surface area contributed by atoms with E-state index in [0.29, 0.717) is 48.4 Å². The summed E-state index contributed by atoms with van der Waals surface area (Å²) in [6.45, 7) is -0.776. The molecule has 0 spiro atoms. The van der Waals surface area contributed by atoms with Crippen LogP contribution in [0, 0.1) is 11.6 Å². The Labute approximate surface area is 227 Å². The number of rotatable bonds is 7. The third-order valence-electron chi connectivity index (χ3n) is 7.29. The molecule has 1 unspecified atom stereocenters. The maximum Gasteiger partial charge on any atom is 0.427 e. The molecule has 3 heterocycles. The molecule has 0 saturated carbocycles. The number of alkyl halides is 3. The van der Waals surface area contributed by atoms with Gasteiger partial charge in [-0.3, -0.25) is 0 Å². The maximum atomic E-state index is 15.3. The van der Waals surface area contributed by atoms with E-state index in [4.69, 9.17) is 14.2 Å². The summed E-state index contributed by atoms with van der Waals surface area (Å²) >= 11 is 0. The number of aryl methyl sites for hydroxylation is 1. The molecule has 5 rings (SSSR count). The topological polar surface area (TPSA) is 65.8 Å². The Morgan fingerprint density at radius 1 is 1.07 bits per heavy atom. The fourth-order valence-corrected chi connectivity index (χ4v) is 5.08. The van der Waals surface area contributed by atoms with Crippen molar-refractivity contribution in [2.24, 2.45) is 0 Å². The molecule has 0 aliphatic carbocycles. The average Bonchev–Trinajstić information content (AvgIpc) is 3.28. The van der Waals surface area contributed by atoms with Crippen LogP contribution in [0.4, 0.5) is 26.7 Å². The molecule has 3 aromatic rings. The van der Waals surface area contributed by atoms with Crippen molar-refractivity contribution < 1.29 is 41.0 Å². The van der Waals surface area contributed by atoms with Crippen molar-refractivity contribution in [3.05, 3.63) is 76.6 Å². The number of hydrogen-bond acceptors (Lipinski definition) is 5. The van der Waals surface area contributed by atoms with Crippen molar-refractivity contribution in [2.45, 2.75) is 50.5 Å². The van der Waals surface area contributed by atoms with E-state index in [1.54, 1.807) is 30.3 Å². The Hall–Kier alpha value is -3.67. The number of nitrogens with zero attached hydrogens (tertiary/aromatic N) is 3. The summed E-state index contributed by atoms with van der Waals surface area (Å²) in [6.07, 6.45) is -6.87. The minimum absolute atomic E-state index is 0.0875. The zero-order valence-corrected chi connectivity index (χ0v) is 21.7. The first-order valence-corrected chi connectivity index (χ1v) is 12.9. The number of benzene rings is 2. The molecule has 40 heavy (non-hydrogen) atoms. The average molecular weight is 566 g/mol. The Morgan fingerprint density at radius 3 is 2.48 bits per heavy atom. The van der Waals surface area contributed by atoms with Crippen LogP contribution in [0.25, 0.3) is 5.69 Å². The number of methoxy groups -OCH3 is 1. The second kappa shape index (κ2) is 11.4. The highest BCUT2D eigenvalue weighted by atomic mass is 19.4. The molecule has 214 valence electrons. The Kier molecular flexibility index (Phi) is 7.97. The number of carbonyl (C=O) groups is 1. The number of carbonyl (C=O) groups excluding carboxylic acids is 1. The molecular formula is C28H28F5N3O4. The summed E-state index contributed by atoms with van der Waals surface area (Å²) in [5.74, 6) is -0.516. The van der Waals surface area contributed by atoms with Gasteiger partial charge in [0, 0.05) is 19.0 Å². The smallest absolute Gasteiger partial charge is 0.427 e. The molecular weight excluding hydrogens is 537 g/mol. The summed E-state index contributed by atoms with van der Waals surface area (Å²) < 4.78 is 86.2. The monoisotopic (exact) mass is 565 g/mol. The number of hydrogen-bond donors (Lipinski definition) is 0. The summed E-state index contributed by atoms with van der Waals surface area (Å²) in [7, 11) is 1.50. The number of ether oxygens (including phenoxy) is 3. The van der Waals surface area contributed by atoms with Crippen LogP contribution in [-0.2, 0) is 28.9 Å². The third-order valence-corrected chi connectivity index (χ3v) is 7.29. The van der Waals surface area contributed by atoms with Gasteiger partial charge in [0.15, 0.2) is 5.82 Å². The number of likely N-dealkylation sites (tertiary alicyclic amines) is 1. The number of fused-ring (bicyclic) bond motifs is 3. The van der Waals surface area contributed by atoms with Crippen LogP contribution in [0.2, 0.25) is 0 Å². The molecule has 0 radical (unpaired) electrons. The van der Waals surface area contributed by atoms with Crippen LogP contribution in [0.3, 0.4) is 0 Å². The minimum atomic E-state index is -4.81. The van der Waals surface area contributed by atoms with E-state index in [9.17, 15) is 22.4 Å². The van der Waals surface area contributed by atoms with Crippen LogP contribution < -0.4 is 4.74 Å². The Balaban J connectivity index is 1.17. The van der Waals surface area contributed by atoms with E-state index in [-0.39, 0.29) is 37.1 Å². The lowest BCUT2D eigenvalue weighted by Crippen LogP contribution is -2.44. The van der Waals surface area contributed by atoms with Gasteiger partial charge in [0.1, 0.15) is 17.3 Å². The van der Waals surface area contributed by atoms with E-state index in [0.717, 1.165) is 5.56 Å². The van der Waals surface area contributed by atoms with E-state index >= 15 is 4.39 Å². The van der Waals surface area contributed by atoms with Crippen LogP contribution in [0.1, 0.15) is 41.3 Å². The van der Waals surface area contributed by atoms with Crippen LogP contribution in [0.15, 0.2) is 42.5 Å². The molecule has 2 aliphatic heterocycles. The molecule has 1 fully saturated rings. The fraction of sp³-hybridized carbons (Fsp3) is 0.429. The quantitative estimate of drug-likeness (QED) is 0.343. The lowest BCUT2D eigenvalue weighted by Gasteiger charge is -2.32. The number of piperidine rings is 1. The molecule has 7 nitrogen and oxygen atoms in total. The lowest BCUT2D eigenvalue weighted by atomic mass is 9.92. The zero-order chi connectivity index (χ0) is 28.4. The molecule has 1 amide bonds. The summed E-state index contributed by atoms with van der Waals surface area (Å²) in [5.41, 5.74) is 2.67. The summed E-state index contributed by atoms with van der Waals surface area (Å²) in [5, 5.41) is 4.48. The van der Waals surface area contributed by atoms with Crippen LogP contribution in [0.5, 0.6) is 5.75 Å². The van der Waals surface area contributed by atoms with Crippen LogP contribution in [-0.4, -0.2) is 59.9 Å². The highest BCUT2D eigenvalue weighted by Crippen LogP contribution is 2.35. The standard InChI is InChI=1S/C28H28F5N3O4/c1-38-21-6-2-17(3-7-21)15-39-16-24(28(31,32)33)40-27(37)35-12-10-18(11-13-35)26-25(30)23-8-4-19-14-20(29)5-9-22(19)36(23)34-26/h2-3,5-7,9,14,18,24H,4,8,10-13,15-16H2,1H3.